The summed E-state index contributed by atoms with van der Waals surface area (Å²) >= 11 is 4.99. The van der Waals surface area contributed by atoms with Crippen molar-refractivity contribution in [2.75, 3.05) is 29.0 Å². The molecule has 0 saturated heterocycles. The highest BCUT2D eigenvalue weighted by Gasteiger charge is 2.15. The van der Waals surface area contributed by atoms with Crippen LogP contribution in [0.5, 0.6) is 0 Å². The third-order valence-electron chi connectivity index (χ3n) is 10.3. The maximum Gasteiger partial charge on any atom is 0.225 e. The second kappa shape index (κ2) is 23.3. The largest absolute Gasteiger partial charge is 0.383 e. The molecule has 0 aliphatic carbocycles. The van der Waals surface area contributed by atoms with Crippen LogP contribution in [0.4, 0.5) is 39.8 Å². The molecular formula is C53H51N9OS3. The number of nitrogens with one attached hydrogen (secondary N) is 5. The fourth-order valence-corrected chi connectivity index (χ4v) is 9.25. The van der Waals surface area contributed by atoms with Crippen molar-refractivity contribution in [1.29, 1.82) is 0 Å². The number of thiophene rings is 2. The topological polar surface area (TPSA) is 154 Å². The lowest BCUT2D eigenvalue weighted by atomic mass is 10.1. The van der Waals surface area contributed by atoms with Crippen LogP contribution in [-0.2, 0) is 24.3 Å². The van der Waals surface area contributed by atoms with Crippen LogP contribution in [-0.4, -0.2) is 30.7 Å². The number of rotatable bonds is 17. The summed E-state index contributed by atoms with van der Waals surface area (Å²) in [5.74, 6) is 1.05. The summed E-state index contributed by atoms with van der Waals surface area (Å²) in [5.41, 5.74) is 22.6. The fraction of sp³-hybridized carbons (Fsp3) is 0.113. The van der Waals surface area contributed by atoms with Crippen LogP contribution < -0.4 is 38.1 Å². The molecule has 332 valence electrons. The summed E-state index contributed by atoms with van der Waals surface area (Å²) in [4.78, 5) is 25.8. The number of anilines is 5. The number of nitrogens with zero attached hydrogens (tertiary/aromatic N) is 2. The molecule has 9 rings (SSSR count). The van der Waals surface area contributed by atoms with Crippen LogP contribution in [0.25, 0.3) is 0 Å². The first-order valence-electron chi connectivity index (χ1n) is 21.6. The number of hydrogen-bond acceptors (Lipinski definition) is 10. The molecule has 1 aliphatic heterocycles. The van der Waals surface area contributed by atoms with Crippen molar-refractivity contribution in [3.05, 3.63) is 207 Å². The molecular weight excluding hydrogens is 875 g/mol. The molecule has 2 aromatic heterocycles. The van der Waals surface area contributed by atoms with Gasteiger partial charge in [0.25, 0.3) is 0 Å². The van der Waals surface area contributed by atoms with Gasteiger partial charge in [0.2, 0.25) is 5.91 Å². The van der Waals surface area contributed by atoms with Crippen molar-refractivity contribution < 1.29 is 4.79 Å². The predicted octanol–water partition coefficient (Wildman–Crippen LogP) is 12.0. The van der Waals surface area contributed by atoms with Gasteiger partial charge in [-0.3, -0.25) is 4.79 Å². The minimum atomic E-state index is -0.0293. The van der Waals surface area contributed by atoms with Gasteiger partial charge in [-0.25, -0.2) is 9.98 Å². The van der Waals surface area contributed by atoms with Gasteiger partial charge in [-0.15, -0.1) is 22.7 Å². The zero-order valence-electron chi connectivity index (χ0n) is 36.2. The lowest BCUT2D eigenvalue weighted by molar-refractivity contribution is -0.116. The van der Waals surface area contributed by atoms with E-state index in [1.54, 1.807) is 22.7 Å². The molecule has 9 N–H and O–H groups in total. The number of para-hydroxylation sites is 2. The summed E-state index contributed by atoms with van der Waals surface area (Å²) in [5, 5.41) is 20.7. The van der Waals surface area contributed by atoms with E-state index in [-0.39, 0.29) is 5.91 Å². The van der Waals surface area contributed by atoms with Crippen molar-refractivity contribution in [3.8, 4) is 0 Å². The van der Waals surface area contributed by atoms with Crippen LogP contribution in [0.3, 0.4) is 0 Å². The zero-order chi connectivity index (χ0) is 45.3. The molecule has 1 aliphatic rings. The number of carbonyl (C=O) groups excluding carboxylic acids is 1. The average molecular weight is 926 g/mol. The van der Waals surface area contributed by atoms with Gasteiger partial charge in [-0.1, -0.05) is 84.6 Å². The van der Waals surface area contributed by atoms with Crippen molar-refractivity contribution in [3.63, 3.8) is 0 Å². The van der Waals surface area contributed by atoms with Gasteiger partial charge in [0.1, 0.15) is 11.7 Å². The summed E-state index contributed by atoms with van der Waals surface area (Å²) in [7, 11) is 0. The molecule has 1 amide bonds. The molecule has 0 atom stereocenters. The van der Waals surface area contributed by atoms with Gasteiger partial charge in [-0.05, 0) is 137 Å². The third-order valence-corrected chi connectivity index (χ3v) is 13.2. The van der Waals surface area contributed by atoms with Gasteiger partial charge < -0.3 is 38.1 Å². The summed E-state index contributed by atoms with van der Waals surface area (Å²) < 4.78 is 0. The van der Waals surface area contributed by atoms with E-state index in [2.05, 4.69) is 91.2 Å². The quantitative estimate of drug-likeness (QED) is 0.0271. The second-order valence-corrected chi connectivity index (χ2v) is 18.3. The van der Waals surface area contributed by atoms with Gasteiger partial charge >= 0.3 is 0 Å². The normalized spacial score (nSPS) is 11.9. The number of amidine groups is 2. The molecule has 0 unspecified atom stereocenters. The Labute approximate surface area is 398 Å². The van der Waals surface area contributed by atoms with Crippen LogP contribution >= 0.6 is 34.4 Å². The highest BCUT2D eigenvalue weighted by atomic mass is 32.2. The predicted molar refractivity (Wildman–Crippen MR) is 279 cm³/mol. The minimum absolute atomic E-state index is 0.0293. The van der Waals surface area contributed by atoms with Crippen LogP contribution in [0, 0.1) is 0 Å². The average Bonchev–Trinajstić information content (AvgIpc) is 4.10. The number of nitrogens with two attached hydrogens (primary N) is 2. The molecule has 8 aromatic rings. The molecule has 0 saturated carbocycles. The molecule has 66 heavy (non-hydrogen) atoms. The number of benzene rings is 6. The summed E-state index contributed by atoms with van der Waals surface area (Å²) in [6.07, 6.45) is 1.35. The lowest BCUT2D eigenvalue weighted by Gasteiger charge is -2.21. The summed E-state index contributed by atoms with van der Waals surface area (Å²) in [6, 6.07) is 56.8. The van der Waals surface area contributed by atoms with Gasteiger partial charge in [0.15, 0.2) is 0 Å². The summed E-state index contributed by atoms with van der Waals surface area (Å²) in [6.45, 7) is 3.00. The Morgan fingerprint density at radius 2 is 1.15 bits per heavy atom. The van der Waals surface area contributed by atoms with E-state index in [0.717, 1.165) is 63.3 Å². The van der Waals surface area contributed by atoms with E-state index in [0.29, 0.717) is 31.2 Å². The van der Waals surface area contributed by atoms with E-state index in [1.165, 1.54) is 32.3 Å². The Morgan fingerprint density at radius 1 is 0.530 bits per heavy atom. The van der Waals surface area contributed by atoms with Crippen LogP contribution in [0.2, 0.25) is 0 Å². The zero-order valence-corrected chi connectivity index (χ0v) is 38.7. The third kappa shape index (κ3) is 13.5. The van der Waals surface area contributed by atoms with Gasteiger partial charge in [-0.2, -0.15) is 0 Å². The van der Waals surface area contributed by atoms with E-state index in [9.17, 15) is 4.79 Å². The van der Waals surface area contributed by atoms with Gasteiger partial charge in [0.05, 0.1) is 32.5 Å². The molecule has 13 heteroatoms. The Morgan fingerprint density at radius 3 is 1.88 bits per heavy atom. The Hall–Kier alpha value is -7.00. The molecule has 10 nitrogen and oxygen atoms in total. The number of fused-ring (bicyclic) bond motifs is 2. The van der Waals surface area contributed by atoms with E-state index in [1.807, 2.05) is 138 Å². The van der Waals surface area contributed by atoms with E-state index >= 15 is 0 Å². The maximum atomic E-state index is 12.3. The lowest BCUT2D eigenvalue weighted by Crippen LogP contribution is -2.21. The van der Waals surface area contributed by atoms with Crippen molar-refractivity contribution >= 4 is 91.8 Å². The molecule has 6 aromatic carbocycles. The standard InChI is InChI=1S/C27H27N5OS.C26H24N4S2/c28-27(25-10-5-17-34-25)32-24-9-4-6-20(18-24)19-29-16-15-26(33)31-23-13-11-22(12-14-23)30-21-7-2-1-3-8-21;27-26(24-6-3-15-31-24)29-20-10-7-18(8-11-20)13-14-28-17-19-9-12-22-25(16-19)32-23-5-2-1-4-21(23)30-22/h1-14,17-18,29-30H,15-16,19H2,(H2,28,32)(H,31,33);1-12,15-16,28,30H,13-14,17H2,(H2,27,29). The highest BCUT2D eigenvalue weighted by Crippen LogP contribution is 2.44. The Kier molecular flexibility index (Phi) is 16.1. The van der Waals surface area contributed by atoms with E-state index in [4.69, 9.17) is 11.5 Å². The number of aliphatic imine (C=N–C) groups is 2. The van der Waals surface area contributed by atoms with Crippen molar-refractivity contribution in [2.24, 2.45) is 21.5 Å². The first-order chi connectivity index (χ1) is 32.4. The van der Waals surface area contributed by atoms with Gasteiger partial charge in [0, 0.05) is 52.9 Å². The van der Waals surface area contributed by atoms with Crippen LogP contribution in [0.15, 0.2) is 200 Å². The molecule has 0 fully saturated rings. The molecule has 0 spiro atoms. The SMILES string of the molecule is NC(=Nc1ccc(CCNCc2ccc3c(c2)Sc2ccccc2N3)cc1)c1cccs1.NC(=Nc1cccc(CNCCC(=O)Nc2ccc(Nc3ccccc3)cc2)c1)c1cccs1. The smallest absolute Gasteiger partial charge is 0.225 e. The molecule has 0 radical (unpaired) electrons. The van der Waals surface area contributed by atoms with E-state index < -0.39 is 0 Å². The molecule has 0 bridgehead atoms. The Balaban J connectivity index is 0.000000180. The molecule has 3 heterocycles. The number of amides is 1. The highest BCUT2D eigenvalue weighted by molar-refractivity contribution is 7.99. The van der Waals surface area contributed by atoms with Crippen molar-refractivity contribution in [2.45, 2.75) is 35.7 Å². The maximum absolute atomic E-state index is 12.3. The number of carbonyl (C=O) groups is 1. The van der Waals surface area contributed by atoms with Crippen LogP contribution in [0.1, 0.15) is 32.9 Å². The number of hydrogen-bond donors (Lipinski definition) is 7. The minimum Gasteiger partial charge on any atom is -0.383 e. The second-order valence-electron chi connectivity index (χ2n) is 15.3. The fourth-order valence-electron chi connectivity index (χ4n) is 6.95. The monoisotopic (exact) mass is 925 g/mol. The van der Waals surface area contributed by atoms with Crippen molar-refractivity contribution in [1.82, 2.24) is 10.6 Å². The Bertz CT molecular complexity index is 2850. The first-order valence-corrected chi connectivity index (χ1v) is 24.2. The first kappa shape index (κ1) is 45.6.